The number of methoxy groups -OCH3 is 1. The summed E-state index contributed by atoms with van der Waals surface area (Å²) in [6.07, 6.45) is 3.25. The largest absolute Gasteiger partial charge is 0.497 e. The maximum atomic E-state index is 9.04. The van der Waals surface area contributed by atoms with Gasteiger partial charge in [0.25, 0.3) is 0 Å². The van der Waals surface area contributed by atoms with Gasteiger partial charge in [0.15, 0.2) is 0 Å². The van der Waals surface area contributed by atoms with Gasteiger partial charge >= 0.3 is 0 Å². The van der Waals surface area contributed by atoms with Gasteiger partial charge in [-0.05, 0) is 48.3 Å². The fraction of sp³-hybridized carbons (Fsp3) is 0.647. The fourth-order valence-corrected chi connectivity index (χ4v) is 2.76. The fourth-order valence-electron chi connectivity index (χ4n) is 2.76. The highest BCUT2D eigenvalue weighted by Gasteiger charge is 2.31. The van der Waals surface area contributed by atoms with Crippen molar-refractivity contribution in [1.82, 2.24) is 5.32 Å². The lowest BCUT2D eigenvalue weighted by Gasteiger charge is -2.38. The lowest BCUT2D eigenvalue weighted by molar-refractivity contribution is 0.187. The summed E-state index contributed by atoms with van der Waals surface area (Å²) >= 11 is 0. The number of ether oxygens (including phenoxy) is 1. The quantitative estimate of drug-likeness (QED) is 0.805. The Morgan fingerprint density at radius 1 is 1.35 bits per heavy atom. The molecule has 0 radical (unpaired) electrons. The Balaban J connectivity index is 1.77. The Labute approximate surface area is 122 Å². The minimum Gasteiger partial charge on any atom is -0.497 e. The molecule has 3 nitrogen and oxygen atoms in total. The summed E-state index contributed by atoms with van der Waals surface area (Å²) in [6, 6.07) is 9.02. The maximum Gasteiger partial charge on any atom is 0.119 e. The summed E-state index contributed by atoms with van der Waals surface area (Å²) in [4.78, 5) is 0. The van der Waals surface area contributed by atoms with Gasteiger partial charge in [-0.2, -0.15) is 0 Å². The third-order valence-corrected chi connectivity index (χ3v) is 4.36. The predicted molar refractivity (Wildman–Crippen MR) is 82.2 cm³/mol. The van der Waals surface area contributed by atoms with E-state index < -0.39 is 0 Å². The molecule has 1 aromatic carbocycles. The van der Waals surface area contributed by atoms with Gasteiger partial charge in [-0.25, -0.2) is 0 Å². The Kier molecular flexibility index (Phi) is 5.06. The van der Waals surface area contributed by atoms with Crippen LogP contribution in [0, 0.1) is 5.41 Å². The van der Waals surface area contributed by atoms with Gasteiger partial charge < -0.3 is 15.2 Å². The van der Waals surface area contributed by atoms with Crippen molar-refractivity contribution in [3.05, 3.63) is 29.8 Å². The molecule has 0 heterocycles. The van der Waals surface area contributed by atoms with Crippen LogP contribution in [0.5, 0.6) is 5.75 Å². The molecule has 1 aromatic rings. The smallest absolute Gasteiger partial charge is 0.119 e. The van der Waals surface area contributed by atoms with Gasteiger partial charge in [0, 0.05) is 19.2 Å². The summed E-state index contributed by atoms with van der Waals surface area (Å²) in [5.41, 5.74) is 1.56. The van der Waals surface area contributed by atoms with Crippen LogP contribution >= 0.6 is 0 Å². The maximum absolute atomic E-state index is 9.04. The molecule has 112 valence electrons. The average Bonchev–Trinajstić information content (AvgIpc) is 2.37. The third kappa shape index (κ3) is 3.97. The Morgan fingerprint density at radius 3 is 2.75 bits per heavy atom. The molecule has 20 heavy (non-hydrogen) atoms. The Morgan fingerprint density at radius 2 is 2.10 bits per heavy atom. The zero-order valence-electron chi connectivity index (χ0n) is 12.9. The van der Waals surface area contributed by atoms with Crippen molar-refractivity contribution in [2.24, 2.45) is 5.41 Å². The molecule has 0 saturated heterocycles. The standard InChI is InChI=1S/C17H27NO2/c1-17(2,7-8-19)12-18-15-9-14(10-15)13-5-4-6-16(11-13)20-3/h4-6,11,14-15,18-19H,7-10,12H2,1-3H3. The number of benzene rings is 1. The molecule has 1 saturated carbocycles. The highest BCUT2D eigenvalue weighted by Crippen LogP contribution is 2.38. The van der Waals surface area contributed by atoms with Crippen molar-refractivity contribution in [3.8, 4) is 5.75 Å². The van der Waals surface area contributed by atoms with Crippen molar-refractivity contribution < 1.29 is 9.84 Å². The summed E-state index contributed by atoms with van der Waals surface area (Å²) in [5, 5.41) is 12.7. The second-order valence-electron chi connectivity index (χ2n) is 6.66. The molecule has 0 atom stereocenters. The minimum absolute atomic E-state index is 0.176. The molecule has 0 aromatic heterocycles. The van der Waals surface area contributed by atoms with E-state index in [0.29, 0.717) is 12.0 Å². The van der Waals surface area contributed by atoms with E-state index in [1.807, 2.05) is 6.07 Å². The molecule has 0 amide bonds. The van der Waals surface area contributed by atoms with E-state index in [9.17, 15) is 0 Å². The molecular formula is C17H27NO2. The molecule has 1 aliphatic rings. The van der Waals surface area contributed by atoms with Crippen LogP contribution in [0.1, 0.15) is 44.6 Å². The number of nitrogens with one attached hydrogen (secondary N) is 1. The van der Waals surface area contributed by atoms with E-state index in [2.05, 4.69) is 37.4 Å². The van der Waals surface area contributed by atoms with Gasteiger partial charge in [-0.3, -0.25) is 0 Å². The van der Waals surface area contributed by atoms with E-state index in [0.717, 1.165) is 18.7 Å². The van der Waals surface area contributed by atoms with E-state index in [1.54, 1.807) is 7.11 Å². The predicted octanol–water partition coefficient (Wildman–Crippen LogP) is 2.94. The normalized spacial score (nSPS) is 22.4. The van der Waals surface area contributed by atoms with Crippen molar-refractivity contribution in [2.45, 2.75) is 45.1 Å². The number of hydrogen-bond acceptors (Lipinski definition) is 3. The van der Waals surface area contributed by atoms with Crippen LogP contribution in [-0.4, -0.2) is 31.4 Å². The van der Waals surface area contributed by atoms with Crippen LogP contribution < -0.4 is 10.1 Å². The molecule has 0 spiro atoms. The molecule has 0 unspecified atom stereocenters. The topological polar surface area (TPSA) is 41.5 Å². The van der Waals surface area contributed by atoms with E-state index in [-0.39, 0.29) is 12.0 Å². The second kappa shape index (κ2) is 6.59. The van der Waals surface area contributed by atoms with Crippen molar-refractivity contribution in [1.29, 1.82) is 0 Å². The lowest BCUT2D eigenvalue weighted by atomic mass is 9.75. The summed E-state index contributed by atoms with van der Waals surface area (Å²) in [7, 11) is 1.72. The van der Waals surface area contributed by atoms with Crippen LogP contribution in [0.4, 0.5) is 0 Å². The molecule has 2 N–H and O–H groups in total. The second-order valence-corrected chi connectivity index (χ2v) is 6.66. The lowest BCUT2D eigenvalue weighted by Crippen LogP contribution is -2.44. The van der Waals surface area contributed by atoms with E-state index in [1.165, 1.54) is 18.4 Å². The average molecular weight is 277 g/mol. The Bertz CT molecular complexity index is 425. The first kappa shape index (κ1) is 15.3. The number of rotatable bonds is 7. The summed E-state index contributed by atoms with van der Waals surface area (Å²) in [6.45, 7) is 5.65. The van der Waals surface area contributed by atoms with Crippen molar-refractivity contribution in [3.63, 3.8) is 0 Å². The zero-order chi connectivity index (χ0) is 14.6. The number of hydrogen-bond donors (Lipinski definition) is 2. The van der Waals surface area contributed by atoms with Gasteiger partial charge in [0.1, 0.15) is 5.75 Å². The van der Waals surface area contributed by atoms with Crippen molar-refractivity contribution in [2.75, 3.05) is 20.3 Å². The minimum atomic E-state index is 0.176. The van der Waals surface area contributed by atoms with Crippen LogP contribution in [0.2, 0.25) is 0 Å². The first-order chi connectivity index (χ1) is 9.54. The van der Waals surface area contributed by atoms with Crippen LogP contribution in [0.15, 0.2) is 24.3 Å². The van der Waals surface area contributed by atoms with Gasteiger partial charge in [0.2, 0.25) is 0 Å². The number of aliphatic hydroxyl groups excluding tert-OH is 1. The molecule has 1 aliphatic carbocycles. The first-order valence-corrected chi connectivity index (χ1v) is 7.52. The van der Waals surface area contributed by atoms with Gasteiger partial charge in [-0.1, -0.05) is 26.0 Å². The highest BCUT2D eigenvalue weighted by molar-refractivity contribution is 5.32. The molecule has 2 rings (SSSR count). The molecule has 0 aliphatic heterocycles. The van der Waals surface area contributed by atoms with Crippen LogP contribution in [0.3, 0.4) is 0 Å². The zero-order valence-corrected chi connectivity index (χ0v) is 12.9. The first-order valence-electron chi connectivity index (χ1n) is 7.52. The Hall–Kier alpha value is -1.06. The van der Waals surface area contributed by atoms with Crippen molar-refractivity contribution >= 4 is 0 Å². The van der Waals surface area contributed by atoms with Crippen LogP contribution in [-0.2, 0) is 0 Å². The monoisotopic (exact) mass is 277 g/mol. The summed E-state index contributed by atoms with van der Waals surface area (Å²) < 4.78 is 5.28. The van der Waals surface area contributed by atoms with Gasteiger partial charge in [0.05, 0.1) is 7.11 Å². The van der Waals surface area contributed by atoms with Gasteiger partial charge in [-0.15, -0.1) is 0 Å². The number of aliphatic hydroxyl groups is 1. The van der Waals surface area contributed by atoms with Crippen LogP contribution in [0.25, 0.3) is 0 Å². The highest BCUT2D eigenvalue weighted by atomic mass is 16.5. The van der Waals surface area contributed by atoms with E-state index >= 15 is 0 Å². The molecule has 0 bridgehead atoms. The third-order valence-electron chi connectivity index (χ3n) is 4.36. The molecule has 3 heteroatoms. The van der Waals surface area contributed by atoms with E-state index in [4.69, 9.17) is 9.84 Å². The molecular weight excluding hydrogens is 250 g/mol. The molecule has 1 fully saturated rings. The summed E-state index contributed by atoms with van der Waals surface area (Å²) in [5.74, 6) is 1.60. The SMILES string of the molecule is COc1cccc(C2CC(NCC(C)(C)CCO)C2)c1.